The van der Waals surface area contributed by atoms with Gasteiger partial charge in [0.25, 0.3) is 11.6 Å². The second-order valence-electron chi connectivity index (χ2n) is 3.75. The third-order valence-corrected chi connectivity index (χ3v) is 2.60. The Kier molecular flexibility index (Phi) is 1.71. The van der Waals surface area contributed by atoms with Gasteiger partial charge in [-0.25, -0.2) is 9.49 Å². The van der Waals surface area contributed by atoms with Crippen LogP contribution in [-0.4, -0.2) is 15.1 Å². The third-order valence-electron chi connectivity index (χ3n) is 2.60. The van der Waals surface area contributed by atoms with Crippen LogP contribution in [0.5, 0.6) is 0 Å². The maximum absolute atomic E-state index is 13.7. The van der Waals surface area contributed by atoms with Gasteiger partial charge in [0, 0.05) is 13.8 Å². The molecule has 5 heteroatoms. The Morgan fingerprint density at radius 2 is 2.06 bits per heavy atom. The lowest BCUT2D eigenvalue weighted by molar-refractivity contribution is -0.587. The van der Waals surface area contributed by atoms with E-state index in [-0.39, 0.29) is 5.82 Å². The first-order chi connectivity index (χ1) is 7.66. The summed E-state index contributed by atoms with van der Waals surface area (Å²) in [7, 11) is 0. The van der Waals surface area contributed by atoms with E-state index in [9.17, 15) is 4.39 Å². The molecule has 3 rings (SSSR count). The lowest BCUT2D eigenvalue weighted by Gasteiger charge is -1.89. The minimum Gasteiger partial charge on any atom is -0.243 e. The number of fused-ring (bicyclic) bond motifs is 3. The topological polar surface area (TPSA) is 45.7 Å². The fourth-order valence-electron chi connectivity index (χ4n) is 1.93. The normalized spacial score (nSPS) is 11.4. The quantitative estimate of drug-likeness (QED) is 0.579. The molecule has 0 aliphatic rings. The molecule has 0 radical (unpaired) electrons. The zero-order valence-electron chi connectivity index (χ0n) is 8.95. The highest BCUT2D eigenvalue weighted by atomic mass is 19.1. The van der Waals surface area contributed by atoms with E-state index in [2.05, 4.69) is 15.1 Å². The van der Waals surface area contributed by atoms with Gasteiger partial charge >= 0.3 is 5.65 Å². The van der Waals surface area contributed by atoms with Gasteiger partial charge in [0.15, 0.2) is 0 Å². The summed E-state index contributed by atoms with van der Waals surface area (Å²) in [6, 6.07) is 4.92. The summed E-state index contributed by atoms with van der Waals surface area (Å²) in [5.41, 5.74) is 1.31. The molecule has 1 aromatic carbocycles. The van der Waals surface area contributed by atoms with Crippen LogP contribution in [0.4, 0.5) is 4.39 Å². The van der Waals surface area contributed by atoms with Crippen molar-refractivity contribution in [3.63, 3.8) is 0 Å². The van der Waals surface area contributed by atoms with E-state index in [1.165, 1.54) is 6.07 Å². The van der Waals surface area contributed by atoms with Crippen molar-refractivity contribution in [3.8, 4) is 0 Å². The molecule has 2 heterocycles. The number of aromatic nitrogens is 4. The molecule has 0 unspecified atom stereocenters. The molecule has 0 spiro atoms. The summed E-state index contributed by atoms with van der Waals surface area (Å²) < 4.78 is 15.4. The van der Waals surface area contributed by atoms with Crippen LogP contribution in [0.2, 0.25) is 0 Å². The second-order valence-corrected chi connectivity index (χ2v) is 3.75. The summed E-state index contributed by atoms with van der Waals surface area (Å²) in [5, 5.41) is 3.58. The van der Waals surface area contributed by atoms with Crippen molar-refractivity contribution in [1.29, 1.82) is 0 Å². The van der Waals surface area contributed by atoms with Gasteiger partial charge in [0.2, 0.25) is 0 Å². The van der Waals surface area contributed by atoms with E-state index in [1.807, 2.05) is 13.0 Å². The molecule has 0 amide bonds. The maximum atomic E-state index is 13.7. The fourth-order valence-corrected chi connectivity index (χ4v) is 1.93. The smallest absolute Gasteiger partial charge is 0.243 e. The summed E-state index contributed by atoms with van der Waals surface area (Å²) in [5.74, 6) is 1.13. The molecular formula is C11H10FN4+. The Morgan fingerprint density at radius 1 is 1.25 bits per heavy atom. The number of benzene rings is 1. The van der Waals surface area contributed by atoms with Gasteiger partial charge in [-0.15, -0.1) is 4.52 Å². The highest BCUT2D eigenvalue weighted by molar-refractivity contribution is 5.89. The lowest BCUT2D eigenvalue weighted by atomic mass is 10.2. The molecule has 0 saturated carbocycles. The molecule has 0 saturated heterocycles. The first-order valence-electron chi connectivity index (χ1n) is 5.00. The molecule has 0 aliphatic carbocycles. The molecule has 2 aromatic heterocycles. The zero-order valence-corrected chi connectivity index (χ0v) is 8.95. The number of nitrogens with one attached hydrogen (secondary N) is 1. The van der Waals surface area contributed by atoms with Crippen LogP contribution in [0.1, 0.15) is 11.6 Å². The van der Waals surface area contributed by atoms with Crippen LogP contribution in [-0.2, 0) is 0 Å². The van der Waals surface area contributed by atoms with Gasteiger partial charge in [-0.2, -0.15) is 0 Å². The van der Waals surface area contributed by atoms with E-state index in [0.717, 1.165) is 11.3 Å². The highest BCUT2D eigenvalue weighted by Gasteiger charge is 2.18. The van der Waals surface area contributed by atoms with Crippen molar-refractivity contribution in [2.45, 2.75) is 13.8 Å². The van der Waals surface area contributed by atoms with E-state index >= 15 is 0 Å². The van der Waals surface area contributed by atoms with Crippen LogP contribution >= 0.6 is 0 Å². The van der Waals surface area contributed by atoms with Gasteiger partial charge in [-0.3, -0.25) is 0 Å². The molecule has 80 valence electrons. The van der Waals surface area contributed by atoms with Crippen molar-refractivity contribution >= 4 is 16.6 Å². The number of aromatic amines is 1. The first-order valence-corrected chi connectivity index (χ1v) is 5.00. The predicted molar refractivity (Wildman–Crippen MR) is 56.5 cm³/mol. The van der Waals surface area contributed by atoms with Crippen LogP contribution in [0, 0.1) is 19.7 Å². The second kappa shape index (κ2) is 2.98. The summed E-state index contributed by atoms with van der Waals surface area (Å²) >= 11 is 0. The molecular weight excluding hydrogens is 207 g/mol. The summed E-state index contributed by atoms with van der Waals surface area (Å²) in [6.45, 7) is 3.65. The summed E-state index contributed by atoms with van der Waals surface area (Å²) in [6.07, 6.45) is 0. The number of aryl methyl sites for hydroxylation is 2. The Morgan fingerprint density at radius 3 is 2.88 bits per heavy atom. The Labute approximate surface area is 90.8 Å². The van der Waals surface area contributed by atoms with Gasteiger partial charge < -0.3 is 0 Å². The van der Waals surface area contributed by atoms with E-state index < -0.39 is 0 Å². The molecule has 0 bridgehead atoms. The SMILES string of the molecule is Cc1nc(C)[n+]2[nH]c3cccc(F)c3c2n1. The monoisotopic (exact) mass is 217 g/mol. The molecule has 16 heavy (non-hydrogen) atoms. The van der Waals surface area contributed by atoms with Crippen molar-refractivity contribution in [1.82, 2.24) is 15.1 Å². The fraction of sp³-hybridized carbons (Fsp3) is 0.182. The first kappa shape index (κ1) is 9.21. The Balaban J connectivity index is 2.63. The van der Waals surface area contributed by atoms with Gasteiger partial charge in [-0.05, 0) is 12.1 Å². The lowest BCUT2D eigenvalue weighted by Crippen LogP contribution is -2.30. The van der Waals surface area contributed by atoms with Crippen LogP contribution in [0.3, 0.4) is 0 Å². The molecule has 3 aromatic rings. The average molecular weight is 217 g/mol. The minimum atomic E-state index is -0.270. The number of H-pyrrole nitrogens is 1. The van der Waals surface area contributed by atoms with E-state index in [4.69, 9.17) is 0 Å². The van der Waals surface area contributed by atoms with Crippen LogP contribution in [0.15, 0.2) is 18.2 Å². The molecule has 1 N–H and O–H groups in total. The van der Waals surface area contributed by atoms with Crippen LogP contribution < -0.4 is 4.52 Å². The molecule has 0 fully saturated rings. The molecule has 4 nitrogen and oxygen atoms in total. The van der Waals surface area contributed by atoms with Gasteiger partial charge in [-0.1, -0.05) is 16.0 Å². The van der Waals surface area contributed by atoms with Gasteiger partial charge in [0.1, 0.15) is 11.2 Å². The predicted octanol–water partition coefficient (Wildman–Crippen LogP) is 1.45. The van der Waals surface area contributed by atoms with Crippen LogP contribution in [0.25, 0.3) is 16.6 Å². The number of nitrogens with zero attached hydrogens (tertiary/aromatic N) is 3. The number of halogens is 1. The highest BCUT2D eigenvalue weighted by Crippen LogP contribution is 2.18. The van der Waals surface area contributed by atoms with Crippen molar-refractivity contribution in [3.05, 3.63) is 35.7 Å². The van der Waals surface area contributed by atoms with Crippen molar-refractivity contribution < 1.29 is 8.91 Å². The maximum Gasteiger partial charge on any atom is 0.300 e. The van der Waals surface area contributed by atoms with Crippen molar-refractivity contribution in [2.75, 3.05) is 0 Å². The number of rotatable bonds is 0. The minimum absolute atomic E-state index is 0.270. The van der Waals surface area contributed by atoms with Gasteiger partial charge in [0.05, 0.1) is 5.52 Å². The van der Waals surface area contributed by atoms with E-state index in [0.29, 0.717) is 16.9 Å². The third kappa shape index (κ3) is 1.11. The molecule has 0 aliphatic heterocycles. The molecule has 0 atom stereocenters. The standard InChI is InChI=1S/C11H9FN4/c1-6-13-7(2)16-11(14-6)10-8(12)4-3-5-9(10)15-16/h3-5H,1-2H3/p+1. The Bertz CT molecular complexity index is 702. The van der Waals surface area contributed by atoms with E-state index in [1.54, 1.807) is 17.5 Å². The number of hydrogen-bond donors (Lipinski definition) is 1. The average Bonchev–Trinajstić information content (AvgIpc) is 2.58. The number of hydrogen-bond acceptors (Lipinski definition) is 2. The zero-order chi connectivity index (χ0) is 11.3. The summed E-state index contributed by atoms with van der Waals surface area (Å²) in [4.78, 5) is 8.49. The largest absolute Gasteiger partial charge is 0.300 e. The van der Waals surface area contributed by atoms with Crippen molar-refractivity contribution in [2.24, 2.45) is 0 Å². The Hall–Kier alpha value is -2.04.